The van der Waals surface area contributed by atoms with Crippen LogP contribution in [0, 0.1) is 0 Å². The Morgan fingerprint density at radius 3 is 2.69 bits per heavy atom. The summed E-state index contributed by atoms with van der Waals surface area (Å²) in [5, 5.41) is 22.0. The van der Waals surface area contributed by atoms with Crippen molar-refractivity contribution >= 4 is 23.5 Å². The minimum absolute atomic E-state index is 0.215. The quantitative estimate of drug-likeness (QED) is 0.334. The molecule has 0 saturated heterocycles. The van der Waals surface area contributed by atoms with Gasteiger partial charge in [0, 0.05) is 37.1 Å². The van der Waals surface area contributed by atoms with Gasteiger partial charge in [-0.05, 0) is 48.1 Å². The maximum Gasteiger partial charge on any atom is 0.305 e. The van der Waals surface area contributed by atoms with Crippen molar-refractivity contribution in [3.8, 4) is 0 Å². The van der Waals surface area contributed by atoms with Crippen LogP contribution in [-0.2, 0) is 29.0 Å². The minimum atomic E-state index is -1.06. The highest BCUT2D eigenvalue weighted by Gasteiger charge is 2.31. The average molecular weight is 476 g/mol. The van der Waals surface area contributed by atoms with Gasteiger partial charge >= 0.3 is 5.97 Å². The zero-order chi connectivity index (χ0) is 24.6. The van der Waals surface area contributed by atoms with Crippen molar-refractivity contribution in [1.82, 2.24) is 20.4 Å². The number of carbonyl (C=O) groups excluding carboxylic acids is 2. The van der Waals surface area contributed by atoms with E-state index in [9.17, 15) is 19.5 Å². The Labute approximate surface area is 203 Å². The van der Waals surface area contributed by atoms with Crippen molar-refractivity contribution in [3.63, 3.8) is 0 Å². The number of fused-ring (bicyclic) bond motifs is 1. The van der Waals surface area contributed by atoms with Crippen molar-refractivity contribution in [1.29, 1.82) is 0 Å². The summed E-state index contributed by atoms with van der Waals surface area (Å²) < 4.78 is 0. The molecule has 35 heavy (non-hydrogen) atoms. The maximum atomic E-state index is 13.2. The van der Waals surface area contributed by atoms with Crippen molar-refractivity contribution in [3.05, 3.63) is 83.2 Å². The predicted molar refractivity (Wildman–Crippen MR) is 131 cm³/mol. The second kappa shape index (κ2) is 11.3. The molecule has 9 nitrogen and oxygen atoms in total. The van der Waals surface area contributed by atoms with Gasteiger partial charge in [-0.25, -0.2) is 0 Å². The van der Waals surface area contributed by atoms with Crippen LogP contribution in [0.4, 0.5) is 5.69 Å². The van der Waals surface area contributed by atoms with E-state index in [0.717, 1.165) is 29.5 Å². The summed E-state index contributed by atoms with van der Waals surface area (Å²) in [5.41, 5.74) is 4.10. The Kier molecular flexibility index (Phi) is 7.77. The van der Waals surface area contributed by atoms with E-state index in [1.54, 1.807) is 23.2 Å². The molecule has 0 saturated carbocycles. The molecule has 1 unspecified atom stereocenters. The molecule has 2 amide bonds. The first-order chi connectivity index (χ1) is 17.0. The molecular formula is C26H29N5O4. The number of carboxylic acids is 1. The fourth-order valence-corrected chi connectivity index (χ4v) is 4.17. The number of aromatic amines is 1. The summed E-state index contributed by atoms with van der Waals surface area (Å²) in [6.07, 6.45) is 5.50. The van der Waals surface area contributed by atoms with Crippen molar-refractivity contribution in [2.75, 3.05) is 18.4 Å². The second-order valence-corrected chi connectivity index (χ2v) is 8.63. The SMILES string of the molecule is O=C(O)CC1Nc2cc(C(=O)NCCCc3cn[nH]c3)ccc2CN(CCc2ccccc2)C1=O. The molecule has 3 aromatic rings. The molecular weight excluding hydrogens is 446 g/mol. The number of hydrogen-bond donors (Lipinski definition) is 4. The number of aromatic nitrogens is 2. The Hall–Kier alpha value is -4.14. The van der Waals surface area contributed by atoms with E-state index in [4.69, 9.17) is 0 Å². The molecule has 0 fully saturated rings. The molecule has 1 aromatic heterocycles. The first-order valence-electron chi connectivity index (χ1n) is 11.7. The monoisotopic (exact) mass is 475 g/mol. The summed E-state index contributed by atoms with van der Waals surface area (Å²) in [6.45, 7) is 1.33. The molecule has 0 spiro atoms. The van der Waals surface area contributed by atoms with Crippen molar-refractivity contribution in [2.45, 2.75) is 38.3 Å². The number of aliphatic carboxylic acids is 1. The van der Waals surface area contributed by atoms with Gasteiger partial charge in [-0.3, -0.25) is 19.5 Å². The van der Waals surface area contributed by atoms with Crippen LogP contribution in [0.5, 0.6) is 0 Å². The second-order valence-electron chi connectivity index (χ2n) is 8.63. The Morgan fingerprint density at radius 2 is 1.94 bits per heavy atom. The number of carboxylic acid groups (broad SMARTS) is 1. The van der Waals surface area contributed by atoms with E-state index in [-0.39, 0.29) is 18.2 Å². The number of rotatable bonds is 10. The third kappa shape index (κ3) is 6.47. The summed E-state index contributed by atoms with van der Waals surface area (Å²) in [6, 6.07) is 14.2. The van der Waals surface area contributed by atoms with E-state index in [1.165, 1.54) is 0 Å². The smallest absolute Gasteiger partial charge is 0.305 e. The van der Waals surface area contributed by atoms with Crippen LogP contribution in [0.1, 0.15) is 39.9 Å². The lowest BCUT2D eigenvalue weighted by atomic mass is 10.1. The zero-order valence-corrected chi connectivity index (χ0v) is 19.4. The number of aryl methyl sites for hydroxylation is 1. The first-order valence-corrected chi connectivity index (χ1v) is 11.7. The molecule has 1 aliphatic heterocycles. The number of anilines is 1. The number of H-pyrrole nitrogens is 1. The number of benzene rings is 2. The minimum Gasteiger partial charge on any atom is -0.481 e. The van der Waals surface area contributed by atoms with Gasteiger partial charge < -0.3 is 20.6 Å². The van der Waals surface area contributed by atoms with E-state index in [0.29, 0.717) is 37.3 Å². The molecule has 1 aliphatic rings. The highest BCUT2D eigenvalue weighted by molar-refractivity contribution is 5.96. The fraction of sp³-hybridized carbons (Fsp3) is 0.308. The average Bonchev–Trinajstić information content (AvgIpc) is 3.34. The molecule has 9 heteroatoms. The van der Waals surface area contributed by atoms with Gasteiger partial charge in [0.1, 0.15) is 6.04 Å². The summed E-state index contributed by atoms with van der Waals surface area (Å²) >= 11 is 0. The number of nitrogens with zero attached hydrogens (tertiary/aromatic N) is 2. The molecule has 4 rings (SSSR count). The lowest BCUT2D eigenvalue weighted by Gasteiger charge is -2.24. The van der Waals surface area contributed by atoms with Crippen molar-refractivity contribution < 1.29 is 19.5 Å². The predicted octanol–water partition coefficient (Wildman–Crippen LogP) is 2.61. The molecule has 2 aromatic carbocycles. The molecule has 0 radical (unpaired) electrons. The molecule has 4 N–H and O–H groups in total. The highest BCUT2D eigenvalue weighted by atomic mass is 16.4. The first kappa shape index (κ1) is 24.0. The van der Waals surface area contributed by atoms with Crippen LogP contribution in [0.3, 0.4) is 0 Å². The molecule has 1 atom stereocenters. The Bertz CT molecular complexity index is 1160. The van der Waals surface area contributed by atoms with Gasteiger partial charge in [0.25, 0.3) is 5.91 Å². The summed E-state index contributed by atoms with van der Waals surface area (Å²) in [5.74, 6) is -1.54. The van der Waals surface area contributed by atoms with Gasteiger partial charge in [0.15, 0.2) is 0 Å². The molecule has 2 heterocycles. The largest absolute Gasteiger partial charge is 0.481 e. The normalized spacial score (nSPS) is 15.1. The van der Waals surface area contributed by atoms with Crippen molar-refractivity contribution in [2.24, 2.45) is 0 Å². The Balaban J connectivity index is 1.44. The number of hydrogen-bond acceptors (Lipinski definition) is 5. The van der Waals surface area contributed by atoms with Gasteiger partial charge in [0.05, 0.1) is 12.6 Å². The highest BCUT2D eigenvalue weighted by Crippen LogP contribution is 2.26. The van der Waals surface area contributed by atoms with Gasteiger partial charge in [-0.1, -0.05) is 36.4 Å². The van der Waals surface area contributed by atoms with E-state index in [2.05, 4.69) is 20.8 Å². The topological polar surface area (TPSA) is 127 Å². The van der Waals surface area contributed by atoms with Crippen LogP contribution in [0.25, 0.3) is 0 Å². The number of amides is 2. The van der Waals surface area contributed by atoms with E-state index in [1.807, 2.05) is 42.6 Å². The maximum absolute atomic E-state index is 13.2. The van der Waals surface area contributed by atoms with Crippen LogP contribution in [0.2, 0.25) is 0 Å². The van der Waals surface area contributed by atoms with E-state index >= 15 is 0 Å². The third-order valence-corrected chi connectivity index (χ3v) is 6.05. The van der Waals surface area contributed by atoms with Crippen LogP contribution in [-0.4, -0.2) is 57.1 Å². The third-order valence-electron chi connectivity index (χ3n) is 6.05. The Morgan fingerprint density at radius 1 is 1.11 bits per heavy atom. The van der Waals surface area contributed by atoms with Crippen LogP contribution < -0.4 is 10.6 Å². The standard InChI is InChI=1S/C26H29N5O4/c32-24(33)14-23-26(35)31(12-10-18-5-2-1-3-6-18)17-21-9-8-20(13-22(21)30-23)25(34)27-11-4-7-19-15-28-29-16-19/h1-3,5-6,8-9,13,15-16,23,30H,4,7,10-12,14,17H2,(H,27,34)(H,28,29)(H,32,33). The summed E-state index contributed by atoms with van der Waals surface area (Å²) in [4.78, 5) is 39.0. The lowest BCUT2D eigenvalue weighted by molar-refractivity contribution is -0.141. The number of carbonyl (C=O) groups is 3. The zero-order valence-electron chi connectivity index (χ0n) is 19.4. The van der Waals surface area contributed by atoms with Gasteiger partial charge in [-0.2, -0.15) is 5.10 Å². The number of nitrogens with one attached hydrogen (secondary N) is 3. The van der Waals surface area contributed by atoms with Gasteiger partial charge in [0.2, 0.25) is 5.91 Å². The van der Waals surface area contributed by atoms with Crippen LogP contribution >= 0.6 is 0 Å². The fourth-order valence-electron chi connectivity index (χ4n) is 4.17. The molecule has 182 valence electrons. The molecule has 0 bridgehead atoms. The summed E-state index contributed by atoms with van der Waals surface area (Å²) in [7, 11) is 0. The van der Waals surface area contributed by atoms with Crippen LogP contribution in [0.15, 0.2) is 60.9 Å². The lowest BCUT2D eigenvalue weighted by Crippen LogP contribution is -2.42. The van der Waals surface area contributed by atoms with Gasteiger partial charge in [-0.15, -0.1) is 0 Å². The van der Waals surface area contributed by atoms with E-state index < -0.39 is 12.0 Å². The molecule has 0 aliphatic carbocycles.